The van der Waals surface area contributed by atoms with Crippen LogP contribution in [0.5, 0.6) is 0 Å². The number of hydrogen-bond acceptors (Lipinski definition) is 6. The van der Waals surface area contributed by atoms with Crippen LogP contribution in [-0.4, -0.2) is 59.0 Å². The van der Waals surface area contributed by atoms with E-state index in [1.807, 2.05) is 6.92 Å². The number of nitrogens with one attached hydrogen (secondary N) is 3. The molecular weight excluding hydrogens is 472 g/mol. The standard InChI is InChI=1S/C25H33F2N5O2S/c1-14-6-5-11-32(14)25(34)20-21(35-24(31-20)23(33)30-16-9-4-10-16)18-13-28-19(12-17(18)22(26)27)29-15-7-2-3-8-15/h12-16,19,22,28-29H,2-11H2,1H3,(H,30,33). The van der Waals surface area contributed by atoms with Crippen molar-refractivity contribution in [1.29, 1.82) is 0 Å². The number of hydrogen-bond donors (Lipinski definition) is 3. The molecule has 5 rings (SSSR count). The van der Waals surface area contributed by atoms with Gasteiger partial charge in [0.2, 0.25) is 0 Å². The predicted molar refractivity (Wildman–Crippen MR) is 131 cm³/mol. The Kier molecular flexibility index (Phi) is 7.20. The average molecular weight is 506 g/mol. The van der Waals surface area contributed by atoms with Gasteiger partial charge in [0.15, 0.2) is 5.01 Å². The van der Waals surface area contributed by atoms with Gasteiger partial charge in [0.25, 0.3) is 18.2 Å². The molecule has 2 amide bonds. The summed E-state index contributed by atoms with van der Waals surface area (Å²) in [6.45, 7) is 2.58. The molecule has 0 radical (unpaired) electrons. The molecule has 7 nitrogen and oxygen atoms in total. The minimum absolute atomic E-state index is 0.0490. The molecule has 190 valence electrons. The van der Waals surface area contributed by atoms with Crippen molar-refractivity contribution in [1.82, 2.24) is 25.8 Å². The molecule has 0 spiro atoms. The van der Waals surface area contributed by atoms with Gasteiger partial charge >= 0.3 is 0 Å². The molecule has 0 aromatic carbocycles. The monoisotopic (exact) mass is 505 g/mol. The van der Waals surface area contributed by atoms with Gasteiger partial charge in [-0.3, -0.25) is 14.9 Å². The summed E-state index contributed by atoms with van der Waals surface area (Å²) in [6, 6.07) is 0.464. The molecule has 2 atom stereocenters. The van der Waals surface area contributed by atoms with Crippen molar-refractivity contribution in [2.24, 2.45) is 0 Å². The highest BCUT2D eigenvalue weighted by Gasteiger charge is 2.35. The van der Waals surface area contributed by atoms with Crippen molar-refractivity contribution >= 4 is 28.7 Å². The molecule has 10 heteroatoms. The smallest absolute Gasteiger partial charge is 0.280 e. The molecule has 2 unspecified atom stereocenters. The molecule has 4 aliphatic rings. The first-order valence-electron chi connectivity index (χ1n) is 12.8. The molecule has 1 aromatic rings. The predicted octanol–water partition coefficient (Wildman–Crippen LogP) is 4.04. The van der Waals surface area contributed by atoms with E-state index in [4.69, 9.17) is 0 Å². The number of likely N-dealkylation sites (tertiary alicyclic amines) is 1. The highest BCUT2D eigenvalue weighted by molar-refractivity contribution is 7.15. The van der Waals surface area contributed by atoms with Gasteiger partial charge in [0.05, 0.1) is 11.0 Å². The molecular formula is C25H33F2N5O2S. The van der Waals surface area contributed by atoms with Crippen LogP contribution in [0.1, 0.15) is 89.9 Å². The first-order chi connectivity index (χ1) is 16.9. The van der Waals surface area contributed by atoms with Crippen molar-refractivity contribution in [3.8, 4) is 0 Å². The fourth-order valence-corrected chi connectivity index (χ4v) is 6.32. The van der Waals surface area contributed by atoms with Gasteiger partial charge in [-0.2, -0.15) is 0 Å². The van der Waals surface area contributed by atoms with Crippen LogP contribution in [-0.2, 0) is 0 Å². The Hall–Kier alpha value is -2.33. The summed E-state index contributed by atoms with van der Waals surface area (Å²) >= 11 is 1.02. The first-order valence-corrected chi connectivity index (χ1v) is 13.6. The lowest BCUT2D eigenvalue weighted by molar-refractivity contribution is 0.0742. The highest BCUT2D eigenvalue weighted by Crippen LogP contribution is 2.37. The largest absolute Gasteiger partial charge is 0.372 e. The van der Waals surface area contributed by atoms with Crippen LogP contribution < -0.4 is 16.0 Å². The van der Waals surface area contributed by atoms with Gasteiger partial charge < -0.3 is 15.5 Å². The maximum absolute atomic E-state index is 14.3. The van der Waals surface area contributed by atoms with Crippen LogP contribution >= 0.6 is 11.3 Å². The number of nitrogens with zero attached hydrogens (tertiary/aromatic N) is 2. The molecule has 2 saturated carbocycles. The quantitative estimate of drug-likeness (QED) is 0.521. The van der Waals surface area contributed by atoms with E-state index in [9.17, 15) is 18.4 Å². The molecule has 2 aliphatic carbocycles. The van der Waals surface area contributed by atoms with Crippen molar-refractivity contribution < 1.29 is 18.4 Å². The number of alkyl halides is 2. The van der Waals surface area contributed by atoms with Crippen molar-refractivity contribution in [3.05, 3.63) is 33.4 Å². The van der Waals surface area contributed by atoms with E-state index < -0.39 is 12.6 Å². The van der Waals surface area contributed by atoms with Crippen LogP contribution in [0.15, 0.2) is 17.8 Å². The lowest BCUT2D eigenvalue weighted by Crippen LogP contribution is -2.45. The molecule has 3 heterocycles. The van der Waals surface area contributed by atoms with Crippen LogP contribution in [0.3, 0.4) is 0 Å². The van der Waals surface area contributed by atoms with Crippen molar-refractivity contribution in [2.75, 3.05) is 6.54 Å². The summed E-state index contributed by atoms with van der Waals surface area (Å²) < 4.78 is 28.5. The topological polar surface area (TPSA) is 86.4 Å². The van der Waals surface area contributed by atoms with Gasteiger partial charge in [-0.25, -0.2) is 13.8 Å². The number of aromatic nitrogens is 1. The van der Waals surface area contributed by atoms with E-state index in [1.165, 1.54) is 6.08 Å². The van der Waals surface area contributed by atoms with Gasteiger partial charge in [-0.15, -0.1) is 11.3 Å². The highest BCUT2D eigenvalue weighted by atomic mass is 32.1. The second kappa shape index (κ2) is 10.3. The normalized spacial score (nSPS) is 25.3. The van der Waals surface area contributed by atoms with E-state index in [-0.39, 0.29) is 45.7 Å². The van der Waals surface area contributed by atoms with Gasteiger partial charge in [0, 0.05) is 42.0 Å². The molecule has 1 saturated heterocycles. The lowest BCUT2D eigenvalue weighted by atomic mass is 9.93. The lowest BCUT2D eigenvalue weighted by Gasteiger charge is -2.27. The molecule has 0 bridgehead atoms. The Bertz CT molecular complexity index is 1030. The third-order valence-electron chi connectivity index (χ3n) is 7.59. The summed E-state index contributed by atoms with van der Waals surface area (Å²) in [7, 11) is 0. The van der Waals surface area contributed by atoms with Crippen LogP contribution in [0, 0.1) is 0 Å². The molecule has 35 heavy (non-hydrogen) atoms. The zero-order chi connectivity index (χ0) is 24.5. The zero-order valence-corrected chi connectivity index (χ0v) is 20.8. The van der Waals surface area contributed by atoms with Crippen molar-refractivity contribution in [3.63, 3.8) is 0 Å². The Morgan fingerprint density at radius 2 is 1.86 bits per heavy atom. The SMILES string of the molecule is CC1CCCN1C(=O)c1nc(C(=O)NC2CCC2)sc1C1=CNC(NC2CCCC2)C=C1C(F)F. The Morgan fingerprint density at radius 3 is 2.49 bits per heavy atom. The minimum atomic E-state index is -2.72. The number of carbonyl (C=O) groups excluding carboxylic acids is 2. The van der Waals surface area contributed by atoms with E-state index >= 15 is 0 Å². The molecule has 2 aliphatic heterocycles. The number of amides is 2. The number of rotatable bonds is 7. The van der Waals surface area contributed by atoms with Gasteiger partial charge in [-0.05, 0) is 57.9 Å². The third-order valence-corrected chi connectivity index (χ3v) is 8.68. The third kappa shape index (κ3) is 5.14. The van der Waals surface area contributed by atoms with Crippen LogP contribution in [0.2, 0.25) is 0 Å². The first kappa shape index (κ1) is 24.4. The summed E-state index contributed by atoms with van der Waals surface area (Å²) in [5.74, 6) is -0.646. The van der Waals surface area contributed by atoms with Gasteiger partial charge in [-0.1, -0.05) is 12.8 Å². The average Bonchev–Trinajstić information content (AvgIpc) is 3.57. The molecule has 3 N–H and O–H groups in total. The van der Waals surface area contributed by atoms with E-state index in [0.29, 0.717) is 17.5 Å². The zero-order valence-electron chi connectivity index (χ0n) is 20.0. The van der Waals surface area contributed by atoms with Gasteiger partial charge in [0.1, 0.15) is 5.69 Å². The summed E-state index contributed by atoms with van der Waals surface area (Å²) in [4.78, 5) is 32.8. The summed E-state index contributed by atoms with van der Waals surface area (Å²) in [5.41, 5.74) is 0.182. The van der Waals surface area contributed by atoms with E-state index in [1.54, 1.807) is 11.1 Å². The number of dihydropyridines is 1. The maximum atomic E-state index is 14.3. The molecule has 1 aromatic heterocycles. The second-order valence-electron chi connectivity index (χ2n) is 10.1. The van der Waals surface area contributed by atoms with Crippen LogP contribution in [0.4, 0.5) is 8.78 Å². The van der Waals surface area contributed by atoms with Crippen molar-refractivity contribution in [2.45, 2.75) is 95.4 Å². The summed E-state index contributed by atoms with van der Waals surface area (Å²) in [5, 5.41) is 9.68. The molecule has 3 fully saturated rings. The van der Waals surface area contributed by atoms with E-state index in [0.717, 1.165) is 69.1 Å². The number of halogens is 2. The second-order valence-corrected chi connectivity index (χ2v) is 11.1. The van der Waals surface area contributed by atoms with Crippen LogP contribution in [0.25, 0.3) is 5.57 Å². The van der Waals surface area contributed by atoms with E-state index in [2.05, 4.69) is 20.9 Å². The maximum Gasteiger partial charge on any atom is 0.280 e. The minimum Gasteiger partial charge on any atom is -0.372 e. The summed E-state index contributed by atoms with van der Waals surface area (Å²) in [6.07, 6.45) is 8.99. The number of thiazole rings is 1. The number of allylic oxidation sites excluding steroid dienone is 2. The Morgan fingerprint density at radius 1 is 1.11 bits per heavy atom. The Balaban J connectivity index is 1.46. The number of carbonyl (C=O) groups is 2. The fourth-order valence-electron chi connectivity index (χ4n) is 5.32. The fraction of sp³-hybridized carbons (Fsp3) is 0.640. The Labute approximate surface area is 208 Å².